The first-order valence-electron chi connectivity index (χ1n) is 7.62. The van der Waals surface area contributed by atoms with Crippen LogP contribution in [-0.4, -0.2) is 38.0 Å². The van der Waals surface area contributed by atoms with Crippen LogP contribution in [0.5, 0.6) is 0 Å². The highest BCUT2D eigenvalue weighted by Crippen LogP contribution is 2.18. The molecule has 0 saturated heterocycles. The lowest BCUT2D eigenvalue weighted by Gasteiger charge is -2.17. The van der Waals surface area contributed by atoms with Crippen molar-refractivity contribution in [3.63, 3.8) is 0 Å². The third-order valence-electron chi connectivity index (χ3n) is 3.66. The molecule has 1 heterocycles. The van der Waals surface area contributed by atoms with E-state index >= 15 is 0 Å². The van der Waals surface area contributed by atoms with Gasteiger partial charge in [-0.2, -0.15) is 0 Å². The van der Waals surface area contributed by atoms with Gasteiger partial charge in [0, 0.05) is 32.1 Å². The third-order valence-corrected chi connectivity index (χ3v) is 5.36. The molecule has 0 spiro atoms. The Morgan fingerprint density at radius 1 is 1.32 bits per heavy atom. The lowest BCUT2D eigenvalue weighted by Crippen LogP contribution is -2.32. The number of carbonyl (C=O) groups is 1. The molecule has 0 aliphatic heterocycles. The Labute approximate surface area is 145 Å². The number of aryl methyl sites for hydroxylation is 2. The number of amides is 1. The molecule has 2 rings (SSSR count). The number of carbonyl (C=O) groups excluding carboxylic acids is 1. The zero-order valence-corrected chi connectivity index (χ0v) is 15.1. The van der Waals surface area contributed by atoms with Crippen molar-refractivity contribution in [1.29, 1.82) is 0 Å². The first-order chi connectivity index (χ1) is 11.7. The van der Waals surface area contributed by atoms with Crippen LogP contribution in [0.3, 0.4) is 0 Å². The average Bonchev–Trinajstić information content (AvgIpc) is 2.88. The Hall–Kier alpha value is -2.26. The molecular weight excluding hydrogens is 349 g/mol. The molecule has 7 nitrogen and oxygen atoms in total. The molecule has 136 valence electrons. The molecule has 0 aliphatic carbocycles. The quantitative estimate of drug-likeness (QED) is 0.803. The molecule has 25 heavy (non-hydrogen) atoms. The summed E-state index contributed by atoms with van der Waals surface area (Å²) in [5, 5.41) is 3.60. The molecule has 0 unspecified atom stereocenters. The van der Waals surface area contributed by atoms with Crippen molar-refractivity contribution in [1.82, 2.24) is 14.8 Å². The molecule has 0 fully saturated rings. The molecule has 0 aliphatic rings. The molecular formula is C16H20FN3O4S. The van der Waals surface area contributed by atoms with Crippen molar-refractivity contribution in [3.05, 3.63) is 47.1 Å². The van der Waals surface area contributed by atoms with Crippen LogP contribution in [0.25, 0.3) is 0 Å². The van der Waals surface area contributed by atoms with Gasteiger partial charge in [-0.1, -0.05) is 23.4 Å². The fourth-order valence-corrected chi connectivity index (χ4v) is 3.74. The lowest BCUT2D eigenvalue weighted by molar-refractivity contribution is -0.130. The van der Waals surface area contributed by atoms with Crippen LogP contribution in [0.2, 0.25) is 0 Å². The van der Waals surface area contributed by atoms with Crippen molar-refractivity contribution >= 4 is 15.9 Å². The summed E-state index contributed by atoms with van der Waals surface area (Å²) in [7, 11) is -2.26. The van der Waals surface area contributed by atoms with Gasteiger partial charge in [0.25, 0.3) is 0 Å². The summed E-state index contributed by atoms with van der Waals surface area (Å²) in [6.07, 6.45) is -0.0481. The SMILES string of the molecule is Cc1noc(C)c1S(=O)(=O)NCCC(=O)N(C)Cc1ccccc1F. The van der Waals surface area contributed by atoms with E-state index in [9.17, 15) is 17.6 Å². The summed E-state index contributed by atoms with van der Waals surface area (Å²) >= 11 is 0. The third kappa shape index (κ3) is 4.64. The zero-order valence-electron chi connectivity index (χ0n) is 14.2. The Morgan fingerprint density at radius 2 is 2.00 bits per heavy atom. The van der Waals surface area contributed by atoms with Crippen LogP contribution in [0.1, 0.15) is 23.4 Å². The minimum atomic E-state index is -3.80. The molecule has 1 aromatic carbocycles. The Bertz CT molecular complexity index is 845. The second kappa shape index (κ2) is 7.75. The summed E-state index contributed by atoms with van der Waals surface area (Å²) in [6, 6.07) is 6.18. The largest absolute Gasteiger partial charge is 0.360 e. The predicted octanol–water partition coefficient (Wildman–Crippen LogP) is 1.76. The monoisotopic (exact) mass is 369 g/mol. The van der Waals surface area contributed by atoms with E-state index < -0.39 is 10.0 Å². The molecule has 2 aromatic rings. The number of rotatable bonds is 7. The summed E-state index contributed by atoms with van der Waals surface area (Å²) in [6.45, 7) is 3.06. The maximum Gasteiger partial charge on any atom is 0.245 e. The van der Waals surface area contributed by atoms with Gasteiger partial charge < -0.3 is 9.42 Å². The van der Waals surface area contributed by atoms with Crippen molar-refractivity contribution in [2.24, 2.45) is 0 Å². The number of hydrogen-bond acceptors (Lipinski definition) is 5. The summed E-state index contributed by atoms with van der Waals surface area (Å²) < 4.78 is 45.3. The van der Waals surface area contributed by atoms with E-state index in [1.165, 1.54) is 31.9 Å². The second-order valence-electron chi connectivity index (χ2n) is 5.64. The summed E-state index contributed by atoms with van der Waals surface area (Å²) in [5.41, 5.74) is 0.655. The van der Waals surface area contributed by atoms with Gasteiger partial charge in [0.1, 0.15) is 16.4 Å². The van der Waals surface area contributed by atoms with Crippen LogP contribution in [0, 0.1) is 19.7 Å². The lowest BCUT2D eigenvalue weighted by atomic mass is 10.2. The van der Waals surface area contributed by atoms with Crippen LogP contribution in [0.15, 0.2) is 33.7 Å². The van der Waals surface area contributed by atoms with Gasteiger partial charge in [-0.3, -0.25) is 4.79 Å². The van der Waals surface area contributed by atoms with E-state index in [4.69, 9.17) is 4.52 Å². The molecule has 0 bridgehead atoms. The van der Waals surface area contributed by atoms with Gasteiger partial charge in [0.05, 0.1) is 0 Å². The van der Waals surface area contributed by atoms with Gasteiger partial charge in [0.15, 0.2) is 5.76 Å². The van der Waals surface area contributed by atoms with Crippen molar-refractivity contribution in [2.75, 3.05) is 13.6 Å². The van der Waals surface area contributed by atoms with Gasteiger partial charge in [-0.25, -0.2) is 17.5 Å². The first kappa shape index (κ1) is 19.1. The van der Waals surface area contributed by atoms with Gasteiger partial charge in [0.2, 0.25) is 15.9 Å². The smallest absolute Gasteiger partial charge is 0.245 e. The number of nitrogens with one attached hydrogen (secondary N) is 1. The van der Waals surface area contributed by atoms with E-state index in [0.717, 1.165) is 0 Å². The zero-order chi connectivity index (χ0) is 18.6. The van der Waals surface area contributed by atoms with E-state index in [2.05, 4.69) is 9.88 Å². The van der Waals surface area contributed by atoms with E-state index in [0.29, 0.717) is 5.56 Å². The minimum Gasteiger partial charge on any atom is -0.360 e. The van der Waals surface area contributed by atoms with Crippen LogP contribution in [0.4, 0.5) is 4.39 Å². The Morgan fingerprint density at radius 3 is 2.60 bits per heavy atom. The number of aromatic nitrogens is 1. The molecule has 1 N–H and O–H groups in total. The fraction of sp³-hybridized carbons (Fsp3) is 0.375. The van der Waals surface area contributed by atoms with Gasteiger partial charge in [-0.05, 0) is 19.9 Å². The summed E-state index contributed by atoms with van der Waals surface area (Å²) in [5.74, 6) is -0.501. The van der Waals surface area contributed by atoms with Crippen molar-refractivity contribution in [3.8, 4) is 0 Å². The van der Waals surface area contributed by atoms with Crippen LogP contribution < -0.4 is 4.72 Å². The number of sulfonamides is 1. The molecule has 1 aromatic heterocycles. The average molecular weight is 369 g/mol. The molecule has 0 atom stereocenters. The highest BCUT2D eigenvalue weighted by molar-refractivity contribution is 7.89. The van der Waals surface area contributed by atoms with Crippen molar-refractivity contribution < 1.29 is 22.1 Å². The van der Waals surface area contributed by atoms with E-state index in [1.807, 2.05) is 0 Å². The normalized spacial score (nSPS) is 11.5. The molecule has 1 amide bonds. The number of halogens is 1. The second-order valence-corrected chi connectivity index (χ2v) is 7.35. The number of nitrogens with zero attached hydrogens (tertiary/aromatic N) is 2. The molecule has 0 saturated carbocycles. The maximum atomic E-state index is 13.6. The van der Waals surface area contributed by atoms with Crippen molar-refractivity contribution in [2.45, 2.75) is 31.7 Å². The standard InChI is InChI=1S/C16H20FN3O4S/c1-11-16(12(2)24-19-11)25(22,23)18-9-8-15(21)20(3)10-13-6-4-5-7-14(13)17/h4-7,18H,8-10H2,1-3H3. The highest BCUT2D eigenvalue weighted by atomic mass is 32.2. The predicted molar refractivity (Wildman–Crippen MR) is 88.7 cm³/mol. The number of benzene rings is 1. The minimum absolute atomic E-state index is 0.0142. The Balaban J connectivity index is 1.91. The van der Waals surface area contributed by atoms with Gasteiger partial charge >= 0.3 is 0 Å². The molecule has 0 radical (unpaired) electrons. The van der Waals surface area contributed by atoms with Crippen LogP contribution >= 0.6 is 0 Å². The summed E-state index contributed by atoms with van der Waals surface area (Å²) in [4.78, 5) is 13.4. The topological polar surface area (TPSA) is 92.5 Å². The van der Waals surface area contributed by atoms with Gasteiger partial charge in [-0.15, -0.1) is 0 Å². The maximum absolute atomic E-state index is 13.6. The number of hydrogen-bond donors (Lipinski definition) is 1. The first-order valence-corrected chi connectivity index (χ1v) is 9.10. The highest BCUT2D eigenvalue weighted by Gasteiger charge is 2.24. The fourth-order valence-electron chi connectivity index (χ4n) is 2.38. The van der Waals surface area contributed by atoms with E-state index in [1.54, 1.807) is 18.2 Å². The van der Waals surface area contributed by atoms with Crippen LogP contribution in [-0.2, 0) is 21.4 Å². The Kier molecular flexibility index (Phi) is 5.91. The molecule has 9 heteroatoms. The van der Waals surface area contributed by atoms with E-state index in [-0.39, 0.29) is 47.6 Å².